The number of rotatable bonds is 7. The van der Waals surface area contributed by atoms with Gasteiger partial charge in [0.25, 0.3) is 0 Å². The Balaban J connectivity index is 2.00. The topological polar surface area (TPSA) is 46.9 Å². The molecule has 0 radical (unpaired) electrons. The van der Waals surface area contributed by atoms with Gasteiger partial charge >= 0.3 is 0 Å². The fourth-order valence-corrected chi connectivity index (χ4v) is 4.19. The summed E-state index contributed by atoms with van der Waals surface area (Å²) in [6.07, 6.45) is 16.7. The van der Waals surface area contributed by atoms with E-state index in [-0.39, 0.29) is 5.43 Å². The lowest BCUT2D eigenvalue weighted by Gasteiger charge is -2.21. The van der Waals surface area contributed by atoms with E-state index in [9.17, 15) is 4.79 Å². The molecule has 0 unspecified atom stereocenters. The van der Waals surface area contributed by atoms with E-state index in [2.05, 4.69) is 42.3 Å². The summed E-state index contributed by atoms with van der Waals surface area (Å²) in [6, 6.07) is 13.9. The second kappa shape index (κ2) is 10.1. The number of allylic oxidation sites excluding steroid dienone is 8. The average Bonchev–Trinajstić information content (AvgIpc) is 2.80. The highest BCUT2D eigenvalue weighted by Gasteiger charge is 2.17. The smallest absolute Gasteiger partial charge is 0.193 e. The summed E-state index contributed by atoms with van der Waals surface area (Å²) >= 11 is 0. The van der Waals surface area contributed by atoms with Crippen molar-refractivity contribution in [3.63, 3.8) is 0 Å². The number of pyridine rings is 2. The first kappa shape index (κ1) is 22.3. The van der Waals surface area contributed by atoms with Crippen LogP contribution in [0.15, 0.2) is 102 Å². The highest BCUT2D eigenvalue weighted by atomic mass is 16.1. The third-order valence-corrected chi connectivity index (χ3v) is 5.57. The van der Waals surface area contributed by atoms with Crippen LogP contribution in [-0.4, -0.2) is 9.55 Å². The summed E-state index contributed by atoms with van der Waals surface area (Å²) in [5.41, 5.74) is 5.46. The van der Waals surface area contributed by atoms with Gasteiger partial charge in [0, 0.05) is 23.2 Å². The molecule has 2 aromatic heterocycles. The van der Waals surface area contributed by atoms with E-state index in [4.69, 9.17) is 4.98 Å². The van der Waals surface area contributed by atoms with Crippen LogP contribution in [0.2, 0.25) is 0 Å². The zero-order valence-electron chi connectivity index (χ0n) is 19.2. The second-order valence-electron chi connectivity index (χ2n) is 8.10. The monoisotopic (exact) mass is 435 g/mol. The van der Waals surface area contributed by atoms with Crippen LogP contribution in [0.4, 0.5) is 5.82 Å². The third-order valence-electron chi connectivity index (χ3n) is 5.57. The first-order valence-electron chi connectivity index (χ1n) is 11.3. The van der Waals surface area contributed by atoms with Crippen LogP contribution in [0.5, 0.6) is 0 Å². The number of nitrogens with zero attached hydrogens (tertiary/aromatic N) is 2. The Kier molecular flexibility index (Phi) is 6.84. The van der Waals surface area contributed by atoms with Gasteiger partial charge in [0.05, 0.1) is 5.39 Å². The quantitative estimate of drug-likeness (QED) is 0.428. The van der Waals surface area contributed by atoms with E-state index >= 15 is 0 Å². The molecule has 1 aromatic carbocycles. The summed E-state index contributed by atoms with van der Waals surface area (Å²) in [5, 5.41) is 4.10. The zero-order valence-corrected chi connectivity index (χ0v) is 19.2. The molecule has 1 aliphatic carbocycles. The van der Waals surface area contributed by atoms with Crippen molar-refractivity contribution in [2.75, 3.05) is 5.32 Å². The number of aryl methyl sites for hydroxylation is 1. The minimum Gasteiger partial charge on any atom is -0.341 e. The molecule has 0 fully saturated rings. The van der Waals surface area contributed by atoms with Crippen LogP contribution in [0.25, 0.3) is 16.7 Å². The average molecular weight is 436 g/mol. The lowest BCUT2D eigenvalue weighted by Crippen LogP contribution is -2.17. The maximum Gasteiger partial charge on any atom is 0.193 e. The van der Waals surface area contributed by atoms with Gasteiger partial charge in [-0.3, -0.25) is 9.36 Å². The molecule has 2 heterocycles. The Hall–Kier alpha value is -3.92. The molecule has 4 heteroatoms. The van der Waals surface area contributed by atoms with Crippen LogP contribution < -0.4 is 10.7 Å². The summed E-state index contributed by atoms with van der Waals surface area (Å²) in [5.74, 6) is 0.681. The number of benzene rings is 1. The number of hydrogen-bond donors (Lipinski definition) is 1. The summed E-state index contributed by atoms with van der Waals surface area (Å²) in [7, 11) is 0. The SMILES string of the molecule is C=C/C=C(\C=C/C)n1c(NC2=CCCC=C2)cc(=O)c2c(Cc3ccccc3)cc(C)nc21. The molecule has 33 heavy (non-hydrogen) atoms. The van der Waals surface area contributed by atoms with Crippen LogP contribution >= 0.6 is 0 Å². The molecule has 0 amide bonds. The number of anilines is 1. The minimum atomic E-state index is -0.0407. The summed E-state index contributed by atoms with van der Waals surface area (Å²) in [6.45, 7) is 7.84. The van der Waals surface area contributed by atoms with Crippen molar-refractivity contribution in [1.82, 2.24) is 9.55 Å². The van der Waals surface area contributed by atoms with E-state index in [0.717, 1.165) is 41.1 Å². The van der Waals surface area contributed by atoms with E-state index in [1.807, 2.05) is 60.9 Å². The van der Waals surface area contributed by atoms with Gasteiger partial charge in [-0.25, -0.2) is 4.98 Å². The van der Waals surface area contributed by atoms with Gasteiger partial charge in [-0.15, -0.1) is 0 Å². The van der Waals surface area contributed by atoms with Gasteiger partial charge < -0.3 is 5.32 Å². The Bertz CT molecular complexity index is 1360. The molecule has 0 bridgehead atoms. The molecule has 4 nitrogen and oxygen atoms in total. The Morgan fingerprint density at radius 2 is 2.03 bits per heavy atom. The molecule has 4 rings (SSSR count). The lowest BCUT2D eigenvalue weighted by atomic mass is 10.0. The maximum absolute atomic E-state index is 13.5. The van der Waals surface area contributed by atoms with Crippen molar-refractivity contribution in [3.05, 3.63) is 124 Å². The largest absolute Gasteiger partial charge is 0.341 e. The summed E-state index contributed by atoms with van der Waals surface area (Å²) in [4.78, 5) is 18.3. The van der Waals surface area contributed by atoms with Gasteiger partial charge in [-0.05, 0) is 68.5 Å². The molecule has 0 saturated heterocycles. The van der Waals surface area contributed by atoms with Gasteiger partial charge in [-0.2, -0.15) is 0 Å². The molecule has 3 aromatic rings. The molecule has 0 aliphatic heterocycles. The number of fused-ring (bicyclic) bond motifs is 1. The van der Waals surface area contributed by atoms with Gasteiger partial charge in [0.1, 0.15) is 5.82 Å². The lowest BCUT2D eigenvalue weighted by molar-refractivity contribution is 1.01. The van der Waals surface area contributed by atoms with Crippen LogP contribution in [-0.2, 0) is 6.42 Å². The van der Waals surface area contributed by atoms with Crippen molar-refractivity contribution in [3.8, 4) is 0 Å². The Labute approximate surface area is 195 Å². The molecule has 0 saturated carbocycles. The summed E-state index contributed by atoms with van der Waals surface area (Å²) < 4.78 is 2.02. The van der Waals surface area contributed by atoms with Crippen molar-refractivity contribution in [1.29, 1.82) is 0 Å². The molecule has 166 valence electrons. The molecule has 1 aliphatic rings. The fraction of sp³-hybridized carbons (Fsp3) is 0.172. The maximum atomic E-state index is 13.5. The number of aromatic nitrogens is 2. The van der Waals surface area contributed by atoms with E-state index in [1.165, 1.54) is 0 Å². The highest BCUT2D eigenvalue weighted by Crippen LogP contribution is 2.27. The standard InChI is InChI=1S/C29H29N3O/c1-4-12-25(13-5-2)32-27(31-24-16-10-7-11-17-24)20-26(33)28-23(18-21(3)30-29(28)32)19-22-14-8-6-9-15-22/h4-6,8-10,12-18,20,31H,1,7,11,19H2,2-3H3/b13-5-,25-12+. The Morgan fingerprint density at radius 3 is 2.73 bits per heavy atom. The van der Waals surface area contributed by atoms with Gasteiger partial charge in [0.15, 0.2) is 11.1 Å². The predicted molar refractivity (Wildman–Crippen MR) is 139 cm³/mol. The van der Waals surface area contributed by atoms with E-state index in [1.54, 1.807) is 12.1 Å². The molecular weight excluding hydrogens is 406 g/mol. The van der Waals surface area contributed by atoms with Gasteiger partial charge in [0.2, 0.25) is 0 Å². The van der Waals surface area contributed by atoms with Crippen LogP contribution in [0, 0.1) is 6.92 Å². The Morgan fingerprint density at radius 1 is 1.21 bits per heavy atom. The van der Waals surface area contributed by atoms with E-state index < -0.39 is 0 Å². The van der Waals surface area contributed by atoms with Crippen molar-refractivity contribution in [2.24, 2.45) is 0 Å². The minimum absolute atomic E-state index is 0.0407. The van der Waals surface area contributed by atoms with Crippen molar-refractivity contribution < 1.29 is 0 Å². The fourth-order valence-electron chi connectivity index (χ4n) is 4.19. The number of nitrogens with one attached hydrogen (secondary N) is 1. The van der Waals surface area contributed by atoms with Crippen molar-refractivity contribution in [2.45, 2.75) is 33.1 Å². The van der Waals surface area contributed by atoms with Crippen molar-refractivity contribution >= 4 is 22.5 Å². The number of hydrogen-bond acceptors (Lipinski definition) is 3. The molecule has 1 N–H and O–H groups in total. The third kappa shape index (κ3) is 4.96. The molecule has 0 atom stereocenters. The van der Waals surface area contributed by atoms with Crippen LogP contribution in [0.3, 0.4) is 0 Å². The molecule has 0 spiro atoms. The molecular formula is C29H29N3O. The van der Waals surface area contributed by atoms with Crippen LogP contribution in [0.1, 0.15) is 36.6 Å². The zero-order chi connectivity index (χ0) is 23.2. The second-order valence-corrected chi connectivity index (χ2v) is 8.10. The van der Waals surface area contributed by atoms with Gasteiger partial charge in [-0.1, -0.05) is 61.2 Å². The van der Waals surface area contributed by atoms with E-state index in [0.29, 0.717) is 23.3 Å². The first-order chi connectivity index (χ1) is 16.1. The predicted octanol–water partition coefficient (Wildman–Crippen LogP) is 6.54. The highest BCUT2D eigenvalue weighted by molar-refractivity contribution is 5.87. The normalized spacial score (nSPS) is 14.0. The first-order valence-corrected chi connectivity index (χ1v) is 11.3.